The SMILES string of the molecule is CNC(C)(CC1CC1)CC(NC(C)C)C1=CC1. The van der Waals surface area contributed by atoms with E-state index in [1.165, 1.54) is 32.1 Å². The topological polar surface area (TPSA) is 24.1 Å². The van der Waals surface area contributed by atoms with Gasteiger partial charge in [0.25, 0.3) is 0 Å². The van der Waals surface area contributed by atoms with Gasteiger partial charge >= 0.3 is 0 Å². The Hall–Kier alpha value is -0.340. The molecule has 0 saturated heterocycles. The zero-order valence-electron chi connectivity index (χ0n) is 11.8. The van der Waals surface area contributed by atoms with Crippen molar-refractivity contribution in [2.45, 2.75) is 70.5 Å². The van der Waals surface area contributed by atoms with Gasteiger partial charge in [-0.2, -0.15) is 0 Å². The zero-order valence-corrected chi connectivity index (χ0v) is 11.8. The highest BCUT2D eigenvalue weighted by Gasteiger charge is 2.35. The van der Waals surface area contributed by atoms with E-state index in [9.17, 15) is 0 Å². The van der Waals surface area contributed by atoms with E-state index < -0.39 is 0 Å². The molecule has 2 nitrogen and oxygen atoms in total. The number of nitrogens with one attached hydrogen (secondary N) is 2. The van der Waals surface area contributed by atoms with Crippen molar-refractivity contribution in [3.63, 3.8) is 0 Å². The van der Waals surface area contributed by atoms with Gasteiger partial charge in [-0.05, 0) is 39.2 Å². The lowest BCUT2D eigenvalue weighted by atomic mass is 9.86. The lowest BCUT2D eigenvalue weighted by molar-refractivity contribution is 0.282. The van der Waals surface area contributed by atoms with Crippen LogP contribution in [0.2, 0.25) is 0 Å². The van der Waals surface area contributed by atoms with Crippen molar-refractivity contribution < 1.29 is 0 Å². The quantitative estimate of drug-likeness (QED) is 0.633. The second kappa shape index (κ2) is 5.11. The van der Waals surface area contributed by atoms with Gasteiger partial charge in [0.15, 0.2) is 0 Å². The highest BCUT2D eigenvalue weighted by Crippen LogP contribution is 2.39. The highest BCUT2D eigenvalue weighted by molar-refractivity contribution is 5.28. The Balaban J connectivity index is 1.91. The lowest BCUT2D eigenvalue weighted by Crippen LogP contribution is -2.47. The monoisotopic (exact) mass is 236 g/mol. The van der Waals surface area contributed by atoms with E-state index in [1.807, 2.05) is 0 Å². The third kappa shape index (κ3) is 4.11. The first kappa shape index (κ1) is 13.1. The molecule has 2 atom stereocenters. The fourth-order valence-corrected chi connectivity index (χ4v) is 2.74. The fraction of sp³-hybridized carbons (Fsp3) is 0.867. The average Bonchev–Trinajstić information content (AvgIpc) is 3.10. The van der Waals surface area contributed by atoms with Gasteiger partial charge in [-0.3, -0.25) is 0 Å². The Kier molecular flexibility index (Phi) is 3.94. The molecule has 0 aromatic rings. The third-order valence-electron chi connectivity index (χ3n) is 4.12. The molecular weight excluding hydrogens is 208 g/mol. The number of hydrogen-bond donors (Lipinski definition) is 2. The number of hydrogen-bond acceptors (Lipinski definition) is 2. The van der Waals surface area contributed by atoms with Gasteiger partial charge in [-0.25, -0.2) is 0 Å². The molecule has 2 unspecified atom stereocenters. The largest absolute Gasteiger partial charge is 0.314 e. The maximum absolute atomic E-state index is 3.72. The first-order valence-electron chi connectivity index (χ1n) is 7.16. The molecule has 0 aromatic carbocycles. The summed E-state index contributed by atoms with van der Waals surface area (Å²) < 4.78 is 0. The van der Waals surface area contributed by atoms with Crippen LogP contribution in [0.5, 0.6) is 0 Å². The van der Waals surface area contributed by atoms with Crippen molar-refractivity contribution in [1.29, 1.82) is 0 Å². The molecule has 0 spiro atoms. The normalized spacial score (nSPS) is 24.4. The summed E-state index contributed by atoms with van der Waals surface area (Å²) in [7, 11) is 2.12. The van der Waals surface area contributed by atoms with Crippen LogP contribution in [0.4, 0.5) is 0 Å². The van der Waals surface area contributed by atoms with Gasteiger partial charge in [0.1, 0.15) is 0 Å². The molecule has 0 amide bonds. The Morgan fingerprint density at radius 3 is 2.47 bits per heavy atom. The van der Waals surface area contributed by atoms with Crippen molar-refractivity contribution in [3.8, 4) is 0 Å². The predicted octanol–water partition coefficient (Wildman–Crippen LogP) is 2.85. The van der Waals surface area contributed by atoms with Crippen molar-refractivity contribution in [3.05, 3.63) is 11.6 Å². The molecule has 98 valence electrons. The first-order chi connectivity index (χ1) is 8.02. The minimum Gasteiger partial charge on any atom is -0.314 e. The molecule has 0 heterocycles. The fourth-order valence-electron chi connectivity index (χ4n) is 2.74. The van der Waals surface area contributed by atoms with Crippen molar-refractivity contribution >= 4 is 0 Å². The molecule has 2 heteroatoms. The molecule has 2 aliphatic rings. The van der Waals surface area contributed by atoms with Gasteiger partial charge in [-0.1, -0.05) is 38.3 Å². The highest BCUT2D eigenvalue weighted by atomic mass is 15.0. The van der Waals surface area contributed by atoms with Crippen molar-refractivity contribution in [2.24, 2.45) is 5.92 Å². The Morgan fingerprint density at radius 1 is 1.41 bits per heavy atom. The minimum absolute atomic E-state index is 0.303. The van der Waals surface area contributed by atoms with Crippen LogP contribution in [-0.4, -0.2) is 24.7 Å². The second-order valence-corrected chi connectivity index (χ2v) is 6.52. The van der Waals surface area contributed by atoms with E-state index in [-0.39, 0.29) is 0 Å². The van der Waals surface area contributed by atoms with Crippen LogP contribution in [0.25, 0.3) is 0 Å². The van der Waals surface area contributed by atoms with Gasteiger partial charge in [-0.15, -0.1) is 0 Å². The van der Waals surface area contributed by atoms with Gasteiger partial charge in [0.05, 0.1) is 0 Å². The summed E-state index contributed by atoms with van der Waals surface area (Å²) in [5.74, 6) is 0.986. The molecule has 17 heavy (non-hydrogen) atoms. The van der Waals surface area contributed by atoms with Crippen LogP contribution in [-0.2, 0) is 0 Å². The van der Waals surface area contributed by atoms with Crippen LogP contribution in [0.1, 0.15) is 52.9 Å². The van der Waals surface area contributed by atoms with Crippen LogP contribution in [0, 0.1) is 5.92 Å². The van der Waals surface area contributed by atoms with E-state index in [1.54, 1.807) is 5.57 Å². The molecule has 0 bridgehead atoms. The molecule has 2 rings (SSSR count). The summed E-state index contributed by atoms with van der Waals surface area (Å²) in [6, 6.07) is 1.16. The maximum Gasteiger partial charge on any atom is 0.0302 e. The molecule has 2 N–H and O–H groups in total. The second-order valence-electron chi connectivity index (χ2n) is 6.52. The van der Waals surface area contributed by atoms with Gasteiger partial charge < -0.3 is 10.6 Å². The Labute approximate surface area is 106 Å². The molecule has 1 saturated carbocycles. The van der Waals surface area contributed by atoms with E-state index >= 15 is 0 Å². The van der Waals surface area contributed by atoms with Crippen molar-refractivity contribution in [1.82, 2.24) is 10.6 Å². The molecule has 0 radical (unpaired) electrons. The zero-order chi connectivity index (χ0) is 12.5. The minimum atomic E-state index is 0.303. The van der Waals surface area contributed by atoms with Crippen LogP contribution >= 0.6 is 0 Å². The molecule has 0 aliphatic heterocycles. The van der Waals surface area contributed by atoms with Crippen molar-refractivity contribution in [2.75, 3.05) is 7.05 Å². The Bertz CT molecular complexity index is 291. The summed E-state index contributed by atoms with van der Waals surface area (Å²) in [5, 5.41) is 7.29. The third-order valence-corrected chi connectivity index (χ3v) is 4.12. The summed E-state index contributed by atoms with van der Waals surface area (Å²) in [4.78, 5) is 0. The Morgan fingerprint density at radius 2 is 2.06 bits per heavy atom. The summed E-state index contributed by atoms with van der Waals surface area (Å²) in [6.07, 6.45) is 9.06. The average molecular weight is 236 g/mol. The van der Waals surface area contributed by atoms with Crippen LogP contribution in [0.15, 0.2) is 11.6 Å². The predicted molar refractivity (Wildman–Crippen MR) is 74.2 cm³/mol. The lowest BCUT2D eigenvalue weighted by Gasteiger charge is -2.34. The van der Waals surface area contributed by atoms with Crippen LogP contribution < -0.4 is 10.6 Å². The summed E-state index contributed by atoms with van der Waals surface area (Å²) >= 11 is 0. The number of rotatable bonds is 8. The van der Waals surface area contributed by atoms with Crippen LogP contribution in [0.3, 0.4) is 0 Å². The molecule has 1 fully saturated rings. The number of allylic oxidation sites excluding steroid dienone is 1. The van der Waals surface area contributed by atoms with E-state index in [2.05, 4.69) is 44.5 Å². The van der Waals surface area contributed by atoms with E-state index in [0.717, 1.165) is 5.92 Å². The first-order valence-corrected chi connectivity index (χ1v) is 7.16. The summed E-state index contributed by atoms with van der Waals surface area (Å²) in [5.41, 5.74) is 1.92. The smallest absolute Gasteiger partial charge is 0.0302 e. The summed E-state index contributed by atoms with van der Waals surface area (Å²) in [6.45, 7) is 6.88. The van der Waals surface area contributed by atoms with Gasteiger partial charge in [0.2, 0.25) is 0 Å². The molecule has 2 aliphatic carbocycles. The standard InChI is InChI=1S/C15H28N2/c1-11(2)17-14(13-7-8-13)10-15(3,16-4)9-12-5-6-12/h7,11-12,14,16-17H,5-6,8-10H2,1-4H3. The van der Waals surface area contributed by atoms with E-state index in [4.69, 9.17) is 0 Å². The maximum atomic E-state index is 3.72. The molecular formula is C15H28N2. The molecule has 0 aromatic heterocycles. The van der Waals surface area contributed by atoms with Gasteiger partial charge in [0, 0.05) is 17.6 Å². The van der Waals surface area contributed by atoms with E-state index in [0.29, 0.717) is 17.6 Å².